The van der Waals surface area contributed by atoms with Crippen LogP contribution in [0, 0.1) is 0 Å². The number of benzene rings is 2. The van der Waals surface area contributed by atoms with Crippen LogP contribution in [0.15, 0.2) is 54.6 Å². The summed E-state index contributed by atoms with van der Waals surface area (Å²) >= 11 is 0. The molecule has 0 aliphatic carbocycles. The Kier molecular flexibility index (Phi) is 5.16. The first kappa shape index (κ1) is 15.6. The van der Waals surface area contributed by atoms with Crippen LogP contribution in [0.1, 0.15) is 5.56 Å². The van der Waals surface area contributed by atoms with Crippen LogP contribution in [-0.4, -0.2) is 20.1 Å². The SMILES string of the molecule is COc1ccc(C=CC(=O)N(N)c2ccc(OC)cc2)cc1. The molecular weight excluding hydrogens is 280 g/mol. The monoisotopic (exact) mass is 298 g/mol. The van der Waals surface area contributed by atoms with Crippen molar-refractivity contribution < 1.29 is 14.3 Å². The highest BCUT2D eigenvalue weighted by Gasteiger charge is 2.08. The smallest absolute Gasteiger partial charge is 0.265 e. The number of carbonyl (C=O) groups is 1. The minimum absolute atomic E-state index is 0.319. The summed E-state index contributed by atoms with van der Waals surface area (Å²) in [5, 5.41) is 1.08. The summed E-state index contributed by atoms with van der Waals surface area (Å²) < 4.78 is 10.1. The van der Waals surface area contributed by atoms with Gasteiger partial charge in [0.2, 0.25) is 0 Å². The normalized spacial score (nSPS) is 10.5. The van der Waals surface area contributed by atoms with E-state index in [4.69, 9.17) is 15.3 Å². The minimum Gasteiger partial charge on any atom is -0.497 e. The molecule has 0 radical (unpaired) electrons. The van der Waals surface area contributed by atoms with Crippen molar-refractivity contribution in [1.82, 2.24) is 0 Å². The van der Waals surface area contributed by atoms with Gasteiger partial charge < -0.3 is 9.47 Å². The number of carbonyl (C=O) groups excluding carboxylic acids is 1. The molecule has 0 atom stereocenters. The van der Waals surface area contributed by atoms with Gasteiger partial charge >= 0.3 is 0 Å². The lowest BCUT2D eigenvalue weighted by atomic mass is 10.2. The van der Waals surface area contributed by atoms with Gasteiger partial charge in [0, 0.05) is 6.08 Å². The van der Waals surface area contributed by atoms with Gasteiger partial charge in [-0.2, -0.15) is 0 Å². The molecule has 0 heterocycles. The number of anilines is 1. The summed E-state index contributed by atoms with van der Waals surface area (Å²) in [7, 11) is 3.19. The van der Waals surface area contributed by atoms with E-state index in [2.05, 4.69) is 0 Å². The first-order valence-electron chi connectivity index (χ1n) is 6.69. The Morgan fingerprint density at radius 1 is 0.955 bits per heavy atom. The van der Waals surface area contributed by atoms with Crippen LogP contribution in [0.4, 0.5) is 5.69 Å². The molecule has 0 saturated carbocycles. The Labute approximate surface area is 129 Å². The van der Waals surface area contributed by atoms with Crippen LogP contribution >= 0.6 is 0 Å². The lowest BCUT2D eigenvalue weighted by molar-refractivity contribution is -0.114. The number of hydrazine groups is 1. The van der Waals surface area contributed by atoms with E-state index < -0.39 is 0 Å². The second-order valence-corrected chi connectivity index (χ2v) is 4.51. The molecule has 0 aliphatic heterocycles. The van der Waals surface area contributed by atoms with Crippen molar-refractivity contribution in [2.24, 2.45) is 5.84 Å². The Bertz CT molecular complexity index is 649. The van der Waals surface area contributed by atoms with Crippen molar-refractivity contribution in [2.45, 2.75) is 0 Å². The molecule has 1 amide bonds. The Hall–Kier alpha value is -2.79. The predicted octanol–water partition coefficient (Wildman–Crippen LogP) is 2.62. The van der Waals surface area contributed by atoms with E-state index in [1.54, 1.807) is 44.6 Å². The molecule has 0 aliphatic rings. The number of amides is 1. The fourth-order valence-electron chi connectivity index (χ4n) is 1.83. The second kappa shape index (κ2) is 7.28. The fraction of sp³-hybridized carbons (Fsp3) is 0.118. The molecule has 2 rings (SSSR count). The van der Waals surface area contributed by atoms with E-state index in [9.17, 15) is 4.79 Å². The zero-order valence-electron chi connectivity index (χ0n) is 12.5. The molecule has 0 spiro atoms. The molecule has 114 valence electrons. The average molecular weight is 298 g/mol. The van der Waals surface area contributed by atoms with Crippen molar-refractivity contribution in [1.29, 1.82) is 0 Å². The lowest BCUT2D eigenvalue weighted by Crippen LogP contribution is -2.36. The minimum atomic E-state index is -0.319. The van der Waals surface area contributed by atoms with Gasteiger partial charge in [-0.05, 0) is 48.0 Å². The third-order valence-corrected chi connectivity index (χ3v) is 3.12. The van der Waals surface area contributed by atoms with Crippen molar-refractivity contribution >= 4 is 17.7 Å². The van der Waals surface area contributed by atoms with Crippen LogP contribution in [0.5, 0.6) is 11.5 Å². The summed E-state index contributed by atoms with van der Waals surface area (Å²) in [4.78, 5) is 12.1. The van der Waals surface area contributed by atoms with Gasteiger partial charge in [-0.1, -0.05) is 12.1 Å². The quantitative estimate of drug-likeness (QED) is 0.399. The highest BCUT2D eigenvalue weighted by molar-refractivity contribution is 6.02. The lowest BCUT2D eigenvalue weighted by Gasteiger charge is -2.14. The number of ether oxygens (including phenoxy) is 2. The third-order valence-electron chi connectivity index (χ3n) is 3.12. The van der Waals surface area contributed by atoms with Crippen LogP contribution in [0.25, 0.3) is 6.08 Å². The topological polar surface area (TPSA) is 64.8 Å². The zero-order chi connectivity index (χ0) is 15.9. The number of nitrogens with zero attached hydrogens (tertiary/aromatic N) is 1. The van der Waals surface area contributed by atoms with Gasteiger partial charge in [0.1, 0.15) is 11.5 Å². The number of hydrogen-bond donors (Lipinski definition) is 1. The van der Waals surface area contributed by atoms with E-state index in [0.29, 0.717) is 11.4 Å². The average Bonchev–Trinajstić information content (AvgIpc) is 2.59. The Morgan fingerprint density at radius 3 is 1.95 bits per heavy atom. The van der Waals surface area contributed by atoms with Gasteiger partial charge in [-0.3, -0.25) is 4.79 Å². The van der Waals surface area contributed by atoms with E-state index >= 15 is 0 Å². The highest BCUT2D eigenvalue weighted by Crippen LogP contribution is 2.18. The summed E-state index contributed by atoms with van der Waals surface area (Å²) in [6.07, 6.45) is 3.12. The standard InChI is InChI=1S/C17H18N2O3/c1-21-15-8-3-13(4-9-15)5-12-17(20)19(18)14-6-10-16(22-2)11-7-14/h3-12H,18H2,1-2H3. The van der Waals surface area contributed by atoms with Crippen LogP contribution in [0.3, 0.4) is 0 Å². The zero-order valence-corrected chi connectivity index (χ0v) is 12.5. The molecule has 22 heavy (non-hydrogen) atoms. The highest BCUT2D eigenvalue weighted by atomic mass is 16.5. The van der Waals surface area contributed by atoms with Gasteiger partial charge in [0.15, 0.2) is 0 Å². The van der Waals surface area contributed by atoms with E-state index in [1.165, 1.54) is 6.08 Å². The molecule has 5 heteroatoms. The summed E-state index contributed by atoms with van der Waals surface area (Å²) in [5.41, 5.74) is 1.47. The van der Waals surface area contributed by atoms with Crippen molar-refractivity contribution in [3.05, 3.63) is 60.2 Å². The number of hydrogen-bond acceptors (Lipinski definition) is 4. The summed E-state index contributed by atoms with van der Waals surface area (Å²) in [6, 6.07) is 14.3. The number of rotatable bonds is 5. The van der Waals surface area contributed by atoms with E-state index in [0.717, 1.165) is 16.3 Å². The first-order chi connectivity index (χ1) is 10.6. The number of methoxy groups -OCH3 is 2. The maximum atomic E-state index is 12.1. The molecule has 0 bridgehead atoms. The van der Waals surface area contributed by atoms with Crippen LogP contribution in [0.2, 0.25) is 0 Å². The molecule has 5 nitrogen and oxygen atoms in total. The second-order valence-electron chi connectivity index (χ2n) is 4.51. The maximum Gasteiger partial charge on any atom is 0.265 e. The maximum absolute atomic E-state index is 12.1. The molecule has 0 aromatic heterocycles. The van der Waals surface area contributed by atoms with Gasteiger partial charge in [0.25, 0.3) is 5.91 Å². The molecule has 2 aromatic rings. The molecule has 0 saturated heterocycles. The molecule has 0 fully saturated rings. The third kappa shape index (κ3) is 3.86. The first-order valence-corrected chi connectivity index (χ1v) is 6.69. The van der Waals surface area contributed by atoms with Gasteiger partial charge in [-0.25, -0.2) is 10.9 Å². The predicted molar refractivity (Wildman–Crippen MR) is 86.7 cm³/mol. The van der Waals surface area contributed by atoms with Crippen molar-refractivity contribution in [2.75, 3.05) is 19.2 Å². The molecule has 0 unspecified atom stereocenters. The summed E-state index contributed by atoms with van der Waals surface area (Å²) in [5.74, 6) is 6.97. The van der Waals surface area contributed by atoms with E-state index in [1.807, 2.05) is 24.3 Å². The van der Waals surface area contributed by atoms with Crippen LogP contribution < -0.4 is 20.3 Å². The fourth-order valence-corrected chi connectivity index (χ4v) is 1.83. The Balaban J connectivity index is 2.04. The van der Waals surface area contributed by atoms with Crippen molar-refractivity contribution in [3.63, 3.8) is 0 Å². The van der Waals surface area contributed by atoms with E-state index in [-0.39, 0.29) is 5.91 Å². The van der Waals surface area contributed by atoms with Crippen molar-refractivity contribution in [3.8, 4) is 11.5 Å². The number of nitrogens with two attached hydrogens (primary N) is 1. The largest absolute Gasteiger partial charge is 0.497 e. The molecule has 2 N–H and O–H groups in total. The van der Waals surface area contributed by atoms with Gasteiger partial charge in [-0.15, -0.1) is 0 Å². The molecule has 2 aromatic carbocycles. The Morgan fingerprint density at radius 2 is 1.45 bits per heavy atom. The molecular formula is C17H18N2O3. The summed E-state index contributed by atoms with van der Waals surface area (Å²) in [6.45, 7) is 0. The van der Waals surface area contributed by atoms with Gasteiger partial charge in [0.05, 0.1) is 19.9 Å². The van der Waals surface area contributed by atoms with Crippen LogP contribution in [-0.2, 0) is 4.79 Å².